The predicted molar refractivity (Wildman–Crippen MR) is 101 cm³/mol. The van der Waals surface area contributed by atoms with Crippen LogP contribution in [0.4, 0.5) is 0 Å². The van der Waals surface area contributed by atoms with Gasteiger partial charge in [-0.05, 0) is 38.3 Å². The molecule has 5 heteroatoms. The lowest BCUT2D eigenvalue weighted by Gasteiger charge is -2.38. The Morgan fingerprint density at radius 3 is 2.29 bits per heavy atom. The zero-order chi connectivity index (χ0) is 17.3. The molecular formula is C19H32ClNO3. The van der Waals surface area contributed by atoms with E-state index in [1.54, 1.807) is 6.92 Å². The third-order valence-electron chi connectivity index (χ3n) is 4.37. The summed E-state index contributed by atoms with van der Waals surface area (Å²) in [5.41, 5.74) is 1.72. The van der Waals surface area contributed by atoms with Crippen LogP contribution in [0.3, 0.4) is 0 Å². The highest BCUT2D eigenvalue weighted by molar-refractivity contribution is 5.85. The molecule has 2 rings (SSSR count). The van der Waals surface area contributed by atoms with E-state index >= 15 is 0 Å². The van der Waals surface area contributed by atoms with E-state index in [2.05, 4.69) is 36.9 Å². The van der Waals surface area contributed by atoms with Crippen molar-refractivity contribution in [3.8, 4) is 0 Å². The zero-order valence-corrected chi connectivity index (χ0v) is 15.9. The van der Waals surface area contributed by atoms with Crippen molar-refractivity contribution in [3.63, 3.8) is 0 Å². The standard InChI is InChI=1S/C16H25NO.C3H6O2.ClH/c1-3-4-10-17-11-8-16(18,9-12-17)15-7-5-6-14(2)13-15;1-2-3(4)5;/h5-7,13,18H,3-4,8-12H2,1-2H3;2H2,1H3,(H,4,5);1H. The molecule has 0 saturated carbocycles. The van der Waals surface area contributed by atoms with Gasteiger partial charge in [-0.15, -0.1) is 12.4 Å². The van der Waals surface area contributed by atoms with Crippen molar-refractivity contribution in [1.82, 2.24) is 4.90 Å². The van der Waals surface area contributed by atoms with Gasteiger partial charge in [0.05, 0.1) is 5.60 Å². The van der Waals surface area contributed by atoms with Gasteiger partial charge in [-0.3, -0.25) is 4.79 Å². The van der Waals surface area contributed by atoms with Gasteiger partial charge in [0.15, 0.2) is 0 Å². The molecule has 138 valence electrons. The van der Waals surface area contributed by atoms with E-state index in [1.807, 2.05) is 6.07 Å². The van der Waals surface area contributed by atoms with Crippen LogP contribution >= 0.6 is 12.4 Å². The highest BCUT2D eigenvalue weighted by Crippen LogP contribution is 2.33. The van der Waals surface area contributed by atoms with Crippen LogP contribution in [-0.4, -0.2) is 40.7 Å². The van der Waals surface area contributed by atoms with Crippen LogP contribution in [0.15, 0.2) is 24.3 Å². The number of hydrogen-bond acceptors (Lipinski definition) is 3. The van der Waals surface area contributed by atoms with Gasteiger partial charge >= 0.3 is 5.97 Å². The van der Waals surface area contributed by atoms with Crippen LogP contribution in [-0.2, 0) is 10.4 Å². The zero-order valence-electron chi connectivity index (χ0n) is 15.1. The minimum Gasteiger partial charge on any atom is -0.481 e. The molecule has 0 spiro atoms. The first-order chi connectivity index (χ1) is 10.9. The smallest absolute Gasteiger partial charge is 0.303 e. The fraction of sp³-hybridized carbons (Fsp3) is 0.632. The van der Waals surface area contributed by atoms with Crippen molar-refractivity contribution in [2.45, 2.75) is 58.5 Å². The van der Waals surface area contributed by atoms with Crippen molar-refractivity contribution < 1.29 is 15.0 Å². The number of nitrogens with zero attached hydrogens (tertiary/aromatic N) is 1. The van der Waals surface area contributed by atoms with Crippen molar-refractivity contribution in [2.24, 2.45) is 0 Å². The molecule has 0 amide bonds. The molecule has 1 fully saturated rings. The summed E-state index contributed by atoms with van der Waals surface area (Å²) in [4.78, 5) is 11.8. The van der Waals surface area contributed by atoms with E-state index in [0.29, 0.717) is 0 Å². The quantitative estimate of drug-likeness (QED) is 0.836. The number of likely N-dealkylation sites (tertiary alicyclic amines) is 1. The number of rotatable bonds is 5. The van der Waals surface area contributed by atoms with Gasteiger partial charge in [-0.2, -0.15) is 0 Å². The molecule has 4 nitrogen and oxygen atoms in total. The Balaban J connectivity index is 0.000000777. The second-order valence-electron chi connectivity index (χ2n) is 6.34. The largest absolute Gasteiger partial charge is 0.481 e. The third-order valence-corrected chi connectivity index (χ3v) is 4.37. The number of piperidine rings is 1. The van der Waals surface area contributed by atoms with Gasteiger partial charge in [-0.25, -0.2) is 0 Å². The summed E-state index contributed by atoms with van der Waals surface area (Å²) in [7, 11) is 0. The number of unbranched alkanes of at least 4 members (excludes halogenated alkanes) is 1. The Morgan fingerprint density at radius 1 is 1.25 bits per heavy atom. The van der Waals surface area contributed by atoms with Crippen molar-refractivity contribution in [3.05, 3.63) is 35.4 Å². The minimum absolute atomic E-state index is 0. The number of benzene rings is 1. The maximum absolute atomic E-state index is 10.8. The van der Waals surface area contributed by atoms with Crippen molar-refractivity contribution in [1.29, 1.82) is 0 Å². The van der Waals surface area contributed by atoms with E-state index in [0.717, 1.165) is 31.5 Å². The number of aryl methyl sites for hydroxylation is 1. The van der Waals surface area contributed by atoms with Crippen LogP contribution in [0.2, 0.25) is 0 Å². The van der Waals surface area contributed by atoms with Gasteiger partial charge < -0.3 is 15.1 Å². The lowest BCUT2D eigenvalue weighted by atomic mass is 9.84. The molecule has 0 atom stereocenters. The molecule has 24 heavy (non-hydrogen) atoms. The maximum Gasteiger partial charge on any atom is 0.303 e. The average molecular weight is 358 g/mol. The first-order valence-electron chi connectivity index (χ1n) is 8.65. The summed E-state index contributed by atoms with van der Waals surface area (Å²) >= 11 is 0. The molecule has 1 heterocycles. The van der Waals surface area contributed by atoms with E-state index < -0.39 is 11.6 Å². The van der Waals surface area contributed by atoms with Gasteiger partial charge in [0.25, 0.3) is 0 Å². The highest BCUT2D eigenvalue weighted by atomic mass is 35.5. The summed E-state index contributed by atoms with van der Waals surface area (Å²) in [6, 6.07) is 8.33. The Morgan fingerprint density at radius 2 is 1.83 bits per heavy atom. The normalized spacial score (nSPS) is 16.5. The van der Waals surface area contributed by atoms with Crippen LogP contribution in [0, 0.1) is 6.92 Å². The second-order valence-corrected chi connectivity index (χ2v) is 6.34. The third kappa shape index (κ3) is 7.65. The number of hydrogen-bond donors (Lipinski definition) is 2. The fourth-order valence-corrected chi connectivity index (χ4v) is 2.75. The van der Waals surface area contributed by atoms with E-state index in [-0.39, 0.29) is 18.8 Å². The minimum atomic E-state index is -0.745. The number of halogens is 1. The van der Waals surface area contributed by atoms with Gasteiger partial charge in [-0.1, -0.05) is 50.1 Å². The molecule has 2 N–H and O–H groups in total. The molecule has 0 radical (unpaired) electrons. The topological polar surface area (TPSA) is 60.8 Å². The number of carbonyl (C=O) groups is 1. The van der Waals surface area contributed by atoms with E-state index in [9.17, 15) is 9.90 Å². The van der Waals surface area contributed by atoms with E-state index in [4.69, 9.17) is 5.11 Å². The first-order valence-corrected chi connectivity index (χ1v) is 8.65. The van der Waals surface area contributed by atoms with E-state index in [1.165, 1.54) is 24.9 Å². The summed E-state index contributed by atoms with van der Waals surface area (Å²) in [5, 5.41) is 18.5. The Hall–Kier alpha value is -1.10. The van der Waals surface area contributed by atoms with Gasteiger partial charge in [0, 0.05) is 19.5 Å². The number of carboxylic acids is 1. The predicted octanol–water partition coefficient (Wildman–Crippen LogP) is 3.98. The van der Waals surface area contributed by atoms with Crippen LogP contribution in [0.1, 0.15) is 57.1 Å². The van der Waals surface area contributed by atoms with Crippen molar-refractivity contribution in [2.75, 3.05) is 19.6 Å². The highest BCUT2D eigenvalue weighted by Gasteiger charge is 2.33. The maximum atomic E-state index is 10.8. The Labute approximate surface area is 152 Å². The summed E-state index contributed by atoms with van der Waals surface area (Å²) in [6.45, 7) is 9.13. The molecule has 1 aromatic rings. The molecule has 0 aliphatic carbocycles. The second kappa shape index (κ2) is 11.5. The Kier molecular flexibility index (Phi) is 10.9. The van der Waals surface area contributed by atoms with Crippen LogP contribution in [0.5, 0.6) is 0 Å². The van der Waals surface area contributed by atoms with Crippen LogP contribution in [0.25, 0.3) is 0 Å². The molecule has 1 saturated heterocycles. The molecule has 0 aromatic heterocycles. The molecular weight excluding hydrogens is 326 g/mol. The lowest BCUT2D eigenvalue weighted by Crippen LogP contribution is -2.42. The monoisotopic (exact) mass is 357 g/mol. The lowest BCUT2D eigenvalue weighted by molar-refractivity contribution is -0.136. The fourth-order valence-electron chi connectivity index (χ4n) is 2.75. The summed E-state index contributed by atoms with van der Waals surface area (Å²) in [6.07, 6.45) is 4.46. The Bertz CT molecular complexity index is 485. The number of aliphatic hydroxyl groups is 1. The molecule has 0 unspecified atom stereocenters. The molecule has 1 aromatic carbocycles. The summed E-state index contributed by atoms with van der Waals surface area (Å²) < 4.78 is 0. The van der Waals surface area contributed by atoms with Gasteiger partial charge in [0.2, 0.25) is 0 Å². The SMILES string of the molecule is CCC(=O)O.CCCCN1CCC(O)(c2cccc(C)c2)CC1.Cl. The van der Waals surface area contributed by atoms with Gasteiger partial charge in [0.1, 0.15) is 0 Å². The number of aliphatic carboxylic acids is 1. The molecule has 1 aliphatic rings. The van der Waals surface area contributed by atoms with Crippen molar-refractivity contribution >= 4 is 18.4 Å². The first kappa shape index (κ1) is 22.9. The average Bonchev–Trinajstić information content (AvgIpc) is 2.55. The number of carboxylic acid groups (broad SMARTS) is 1. The molecule has 0 bridgehead atoms. The van der Waals surface area contributed by atoms with Crippen LogP contribution < -0.4 is 0 Å². The summed E-state index contributed by atoms with van der Waals surface area (Å²) in [5.74, 6) is -0.745. The molecule has 1 aliphatic heterocycles.